The lowest BCUT2D eigenvalue weighted by Gasteiger charge is -2.42. The first kappa shape index (κ1) is 12.8. The van der Waals surface area contributed by atoms with E-state index in [9.17, 15) is 5.11 Å². The summed E-state index contributed by atoms with van der Waals surface area (Å²) in [6.07, 6.45) is -3.40. The summed E-state index contributed by atoms with van der Waals surface area (Å²) in [7, 11) is 4.42. The van der Waals surface area contributed by atoms with Crippen LogP contribution in [-0.2, 0) is 18.9 Å². The maximum Gasteiger partial charge on any atom is 0.186 e. The lowest BCUT2D eigenvalue weighted by Crippen LogP contribution is -2.60. The molecule has 0 saturated carbocycles. The van der Waals surface area contributed by atoms with E-state index in [1.807, 2.05) is 0 Å². The van der Waals surface area contributed by atoms with Gasteiger partial charge in [0, 0.05) is 21.3 Å². The molecule has 5 atom stereocenters. The second-order valence-electron chi connectivity index (χ2n) is 3.35. The first-order valence-electron chi connectivity index (χ1n) is 4.72. The molecule has 0 bridgehead atoms. The summed E-state index contributed by atoms with van der Waals surface area (Å²) >= 11 is 0. The van der Waals surface area contributed by atoms with Gasteiger partial charge in [0.25, 0.3) is 0 Å². The molecule has 0 radical (unpaired) electrons. The molecule has 1 aliphatic heterocycles. The quantitative estimate of drug-likeness (QED) is 0.618. The van der Waals surface area contributed by atoms with Crippen LogP contribution in [0.4, 0.5) is 0 Å². The van der Waals surface area contributed by atoms with Crippen molar-refractivity contribution in [2.45, 2.75) is 30.7 Å². The van der Waals surface area contributed by atoms with Gasteiger partial charge < -0.3 is 29.2 Å². The van der Waals surface area contributed by atoms with Gasteiger partial charge in [-0.3, -0.25) is 0 Å². The first-order valence-corrected chi connectivity index (χ1v) is 4.72. The van der Waals surface area contributed by atoms with Gasteiger partial charge in [-0.15, -0.1) is 0 Å². The van der Waals surface area contributed by atoms with Crippen LogP contribution in [0.3, 0.4) is 0 Å². The Morgan fingerprint density at radius 1 is 1.07 bits per heavy atom. The predicted molar refractivity (Wildman–Crippen MR) is 50.4 cm³/mol. The van der Waals surface area contributed by atoms with Gasteiger partial charge in [-0.1, -0.05) is 0 Å². The Bertz CT molecular complexity index is 187. The van der Waals surface area contributed by atoms with Crippen LogP contribution in [-0.4, -0.2) is 68.9 Å². The molecular weight excluding hydrogens is 204 g/mol. The minimum atomic E-state index is -0.934. The van der Waals surface area contributed by atoms with Gasteiger partial charge >= 0.3 is 0 Å². The highest BCUT2D eigenvalue weighted by Gasteiger charge is 2.45. The molecule has 0 aromatic carbocycles. The minimum Gasteiger partial charge on any atom is -0.394 e. The second-order valence-corrected chi connectivity index (χ2v) is 3.35. The van der Waals surface area contributed by atoms with E-state index >= 15 is 0 Å². The molecule has 0 aliphatic carbocycles. The summed E-state index contributed by atoms with van der Waals surface area (Å²) in [5.74, 6) is 0. The highest BCUT2D eigenvalue weighted by molar-refractivity contribution is 4.90. The molecule has 0 amide bonds. The van der Waals surface area contributed by atoms with E-state index in [0.29, 0.717) is 0 Å². The third-order valence-corrected chi connectivity index (χ3v) is 2.58. The zero-order valence-corrected chi connectivity index (χ0v) is 9.12. The molecule has 1 fully saturated rings. The largest absolute Gasteiger partial charge is 0.394 e. The molecule has 1 rings (SSSR count). The average Bonchev–Trinajstić information content (AvgIpc) is 2.28. The number of ether oxygens (including phenoxy) is 4. The Hall–Kier alpha value is -0.240. The van der Waals surface area contributed by atoms with Crippen LogP contribution >= 0.6 is 0 Å². The number of aliphatic hydroxyl groups is 2. The molecule has 6 heteroatoms. The third-order valence-electron chi connectivity index (χ3n) is 2.58. The summed E-state index contributed by atoms with van der Waals surface area (Å²) in [5.41, 5.74) is 0. The van der Waals surface area contributed by atoms with Crippen molar-refractivity contribution in [1.82, 2.24) is 0 Å². The van der Waals surface area contributed by atoms with E-state index < -0.39 is 30.7 Å². The van der Waals surface area contributed by atoms with Gasteiger partial charge in [-0.25, -0.2) is 0 Å². The molecule has 15 heavy (non-hydrogen) atoms. The van der Waals surface area contributed by atoms with Crippen molar-refractivity contribution in [3.05, 3.63) is 0 Å². The number of aliphatic hydroxyl groups excluding tert-OH is 2. The van der Waals surface area contributed by atoms with Gasteiger partial charge in [-0.2, -0.15) is 0 Å². The highest BCUT2D eigenvalue weighted by atomic mass is 16.7. The van der Waals surface area contributed by atoms with Crippen LogP contribution in [0.25, 0.3) is 0 Å². The fourth-order valence-corrected chi connectivity index (χ4v) is 1.75. The average molecular weight is 222 g/mol. The predicted octanol–water partition coefficient (Wildman–Crippen LogP) is -1.26. The van der Waals surface area contributed by atoms with Crippen LogP contribution in [0, 0.1) is 0 Å². The molecule has 2 N–H and O–H groups in total. The van der Waals surface area contributed by atoms with E-state index in [4.69, 9.17) is 24.1 Å². The van der Waals surface area contributed by atoms with Crippen LogP contribution in [0.2, 0.25) is 0 Å². The number of methoxy groups -OCH3 is 3. The third kappa shape index (κ3) is 2.47. The summed E-state index contributed by atoms with van der Waals surface area (Å²) in [6.45, 7) is -0.294. The zero-order chi connectivity index (χ0) is 11.4. The Labute approximate surface area is 88.7 Å². The monoisotopic (exact) mass is 222 g/mol. The number of hydrogen-bond donors (Lipinski definition) is 2. The van der Waals surface area contributed by atoms with Crippen LogP contribution < -0.4 is 0 Å². The Morgan fingerprint density at radius 2 is 1.67 bits per heavy atom. The van der Waals surface area contributed by atoms with Gasteiger partial charge in [0.05, 0.1) is 6.61 Å². The molecule has 1 saturated heterocycles. The number of rotatable bonds is 4. The molecule has 0 aromatic heterocycles. The smallest absolute Gasteiger partial charge is 0.186 e. The summed E-state index contributed by atoms with van der Waals surface area (Å²) in [6, 6.07) is 0. The zero-order valence-electron chi connectivity index (χ0n) is 9.12. The number of hydrogen-bond acceptors (Lipinski definition) is 6. The van der Waals surface area contributed by atoms with E-state index in [1.54, 1.807) is 0 Å². The normalized spacial score (nSPS) is 41.8. The second kappa shape index (κ2) is 5.74. The lowest BCUT2D eigenvalue weighted by atomic mass is 9.99. The van der Waals surface area contributed by atoms with E-state index in [0.717, 1.165) is 0 Å². The maximum absolute atomic E-state index is 9.80. The summed E-state index contributed by atoms with van der Waals surface area (Å²) in [4.78, 5) is 0. The van der Waals surface area contributed by atoms with Crippen LogP contribution in [0.1, 0.15) is 0 Å². The minimum absolute atomic E-state index is 0.294. The van der Waals surface area contributed by atoms with Crippen molar-refractivity contribution in [3.8, 4) is 0 Å². The van der Waals surface area contributed by atoms with Crippen molar-refractivity contribution < 1.29 is 29.2 Å². The van der Waals surface area contributed by atoms with Gasteiger partial charge in [0.1, 0.15) is 24.4 Å². The van der Waals surface area contributed by atoms with Crippen molar-refractivity contribution in [2.24, 2.45) is 0 Å². The highest BCUT2D eigenvalue weighted by Crippen LogP contribution is 2.25. The molecule has 6 nitrogen and oxygen atoms in total. The fraction of sp³-hybridized carbons (Fsp3) is 1.00. The van der Waals surface area contributed by atoms with Crippen molar-refractivity contribution in [3.63, 3.8) is 0 Å². The molecule has 0 aromatic rings. The van der Waals surface area contributed by atoms with Gasteiger partial charge in [0.15, 0.2) is 6.29 Å². The molecule has 0 spiro atoms. The molecule has 90 valence electrons. The Morgan fingerprint density at radius 3 is 2.07 bits per heavy atom. The van der Waals surface area contributed by atoms with Crippen LogP contribution in [0.15, 0.2) is 0 Å². The van der Waals surface area contributed by atoms with Gasteiger partial charge in [-0.05, 0) is 0 Å². The topological polar surface area (TPSA) is 77.4 Å². The van der Waals surface area contributed by atoms with Crippen LogP contribution in [0.5, 0.6) is 0 Å². The van der Waals surface area contributed by atoms with Crippen molar-refractivity contribution >= 4 is 0 Å². The molecule has 0 unspecified atom stereocenters. The van der Waals surface area contributed by atoms with E-state index in [2.05, 4.69) is 0 Å². The van der Waals surface area contributed by atoms with E-state index in [1.165, 1.54) is 21.3 Å². The first-order chi connectivity index (χ1) is 7.19. The Kier molecular flexibility index (Phi) is 4.91. The SMILES string of the molecule is CO[C@H]1O[C@H](CO)[C@H](O)[C@H](OC)[C@H]1OC. The van der Waals surface area contributed by atoms with Crippen molar-refractivity contribution in [2.75, 3.05) is 27.9 Å². The lowest BCUT2D eigenvalue weighted by molar-refractivity contribution is -0.303. The molecular formula is C9H18O6. The van der Waals surface area contributed by atoms with Gasteiger partial charge in [0.2, 0.25) is 0 Å². The maximum atomic E-state index is 9.80. The standard InChI is InChI=1S/C9H18O6/c1-12-7-6(11)5(4-10)15-9(14-3)8(7)13-2/h5-11H,4H2,1-3H3/t5-,6+,7+,8-,9+/m1/s1. The summed E-state index contributed by atoms with van der Waals surface area (Å²) in [5, 5.41) is 18.8. The summed E-state index contributed by atoms with van der Waals surface area (Å²) < 4.78 is 20.6. The fourth-order valence-electron chi connectivity index (χ4n) is 1.75. The van der Waals surface area contributed by atoms with Crippen molar-refractivity contribution in [1.29, 1.82) is 0 Å². The van der Waals surface area contributed by atoms with E-state index in [-0.39, 0.29) is 6.61 Å². The Balaban J connectivity index is 2.78. The molecule has 1 heterocycles. The molecule has 1 aliphatic rings.